The van der Waals surface area contributed by atoms with E-state index in [-0.39, 0.29) is 17.3 Å². The van der Waals surface area contributed by atoms with Gasteiger partial charge < -0.3 is 15.5 Å². The van der Waals surface area contributed by atoms with E-state index in [2.05, 4.69) is 0 Å². The normalized spacial score (nSPS) is 16.7. The molecule has 21 heavy (non-hydrogen) atoms. The van der Waals surface area contributed by atoms with Gasteiger partial charge in [0.05, 0.1) is 22.8 Å². The lowest BCUT2D eigenvalue weighted by Crippen LogP contribution is -2.48. The van der Waals surface area contributed by atoms with Gasteiger partial charge in [-0.25, -0.2) is 12.7 Å². The number of hydrogen-bond acceptors (Lipinski definition) is 5. The molecule has 7 nitrogen and oxygen atoms in total. The number of nitrogens with zero attached hydrogens (tertiary/aromatic N) is 3. The van der Waals surface area contributed by atoms with Crippen LogP contribution in [0.5, 0.6) is 0 Å². The van der Waals surface area contributed by atoms with Crippen molar-refractivity contribution >= 4 is 27.3 Å². The minimum Gasteiger partial charge on any atom is -0.397 e. The molecule has 1 fully saturated rings. The summed E-state index contributed by atoms with van der Waals surface area (Å²) in [5.41, 5.74) is 7.03. The second-order valence-electron chi connectivity index (χ2n) is 5.24. The molecule has 0 radical (unpaired) electrons. The van der Waals surface area contributed by atoms with Gasteiger partial charge in [-0.05, 0) is 18.2 Å². The van der Waals surface area contributed by atoms with Crippen LogP contribution >= 0.6 is 0 Å². The molecule has 1 amide bonds. The Balaban J connectivity index is 2.31. The van der Waals surface area contributed by atoms with Crippen LogP contribution in [0, 0.1) is 0 Å². The Hall–Kier alpha value is -1.80. The number of amides is 1. The summed E-state index contributed by atoms with van der Waals surface area (Å²) in [5, 5.41) is 0. The van der Waals surface area contributed by atoms with Crippen molar-refractivity contribution < 1.29 is 13.2 Å². The van der Waals surface area contributed by atoms with Gasteiger partial charge in [-0.2, -0.15) is 0 Å². The van der Waals surface area contributed by atoms with E-state index in [1.54, 1.807) is 18.0 Å². The van der Waals surface area contributed by atoms with Crippen LogP contribution in [0.15, 0.2) is 23.1 Å². The minimum atomic E-state index is -3.51. The van der Waals surface area contributed by atoms with Crippen LogP contribution in [0.1, 0.15) is 0 Å². The first-order chi connectivity index (χ1) is 9.73. The van der Waals surface area contributed by atoms with Crippen molar-refractivity contribution in [1.29, 1.82) is 0 Å². The van der Waals surface area contributed by atoms with Crippen molar-refractivity contribution in [3.05, 3.63) is 18.2 Å². The minimum absolute atomic E-state index is 0.0191. The summed E-state index contributed by atoms with van der Waals surface area (Å²) in [6, 6.07) is 4.61. The monoisotopic (exact) mass is 312 g/mol. The van der Waals surface area contributed by atoms with Gasteiger partial charge >= 0.3 is 0 Å². The molecule has 0 atom stereocenters. The highest BCUT2D eigenvalue weighted by Gasteiger charge is 2.24. The van der Waals surface area contributed by atoms with E-state index in [1.165, 1.54) is 26.2 Å². The maximum absolute atomic E-state index is 12.1. The first-order valence-electron chi connectivity index (χ1n) is 6.54. The Bertz CT molecular complexity index is 657. The highest BCUT2D eigenvalue weighted by atomic mass is 32.2. The van der Waals surface area contributed by atoms with Crippen LogP contribution in [-0.4, -0.2) is 64.3 Å². The molecule has 116 valence electrons. The van der Waals surface area contributed by atoms with Crippen molar-refractivity contribution in [2.75, 3.05) is 51.4 Å². The Morgan fingerprint density at radius 1 is 1.24 bits per heavy atom. The molecule has 8 heteroatoms. The summed E-state index contributed by atoms with van der Waals surface area (Å²) in [7, 11) is 1.19. The standard InChI is InChI=1S/C13H20N4O3S/c1-15(2)21(19,20)10-4-5-12(11(14)8-10)17-7-6-16(3)13(18)9-17/h4-5,8H,6-7,9,14H2,1-3H3. The van der Waals surface area contributed by atoms with Gasteiger partial charge in [-0.3, -0.25) is 4.79 Å². The lowest BCUT2D eigenvalue weighted by Gasteiger charge is -2.34. The van der Waals surface area contributed by atoms with E-state index >= 15 is 0 Å². The highest BCUT2D eigenvalue weighted by Crippen LogP contribution is 2.28. The van der Waals surface area contributed by atoms with E-state index < -0.39 is 10.0 Å². The first-order valence-corrected chi connectivity index (χ1v) is 7.98. The summed E-state index contributed by atoms with van der Waals surface area (Å²) in [6.07, 6.45) is 0. The lowest BCUT2D eigenvalue weighted by atomic mass is 10.2. The third kappa shape index (κ3) is 2.96. The SMILES string of the molecule is CN1CCN(c2ccc(S(=O)(=O)N(C)C)cc2N)CC1=O. The van der Waals surface area contributed by atoms with Gasteiger partial charge in [0, 0.05) is 34.2 Å². The zero-order valence-corrected chi connectivity index (χ0v) is 13.2. The fourth-order valence-electron chi connectivity index (χ4n) is 2.16. The van der Waals surface area contributed by atoms with Crippen LogP contribution in [0.4, 0.5) is 11.4 Å². The maximum atomic E-state index is 12.1. The van der Waals surface area contributed by atoms with Crippen LogP contribution in [0.25, 0.3) is 0 Å². The van der Waals surface area contributed by atoms with Crippen LogP contribution in [-0.2, 0) is 14.8 Å². The summed E-state index contributed by atoms with van der Waals surface area (Å²) in [4.78, 5) is 15.4. The van der Waals surface area contributed by atoms with E-state index in [1.807, 2.05) is 4.90 Å². The highest BCUT2D eigenvalue weighted by molar-refractivity contribution is 7.89. The molecule has 1 aliphatic heterocycles. The van der Waals surface area contributed by atoms with Gasteiger partial charge in [0.1, 0.15) is 0 Å². The third-order valence-corrected chi connectivity index (χ3v) is 5.39. The summed E-state index contributed by atoms with van der Waals surface area (Å²) < 4.78 is 25.3. The molecule has 0 bridgehead atoms. The number of carbonyl (C=O) groups is 1. The van der Waals surface area contributed by atoms with Crippen molar-refractivity contribution in [3.63, 3.8) is 0 Å². The van der Waals surface area contributed by atoms with E-state index in [0.717, 1.165) is 4.31 Å². The largest absolute Gasteiger partial charge is 0.397 e. The van der Waals surface area contributed by atoms with E-state index in [9.17, 15) is 13.2 Å². The number of piperazine rings is 1. The van der Waals surface area contributed by atoms with Crippen molar-refractivity contribution in [2.45, 2.75) is 4.90 Å². The molecular weight excluding hydrogens is 292 g/mol. The Kier molecular flexibility index (Phi) is 4.11. The molecule has 0 spiro atoms. The second-order valence-corrected chi connectivity index (χ2v) is 7.40. The molecule has 1 aliphatic rings. The number of benzene rings is 1. The van der Waals surface area contributed by atoms with Crippen LogP contribution < -0.4 is 10.6 Å². The number of likely N-dealkylation sites (N-methyl/N-ethyl adjacent to an activating group) is 1. The molecule has 0 saturated carbocycles. The number of nitrogen functional groups attached to an aromatic ring is 1. The topological polar surface area (TPSA) is 87.0 Å². The predicted molar refractivity (Wildman–Crippen MR) is 81.6 cm³/mol. The van der Waals surface area contributed by atoms with Gasteiger partial charge in [0.15, 0.2) is 0 Å². The van der Waals surface area contributed by atoms with E-state index in [0.29, 0.717) is 24.5 Å². The number of anilines is 2. The quantitative estimate of drug-likeness (QED) is 0.781. The van der Waals surface area contributed by atoms with Crippen molar-refractivity contribution in [2.24, 2.45) is 0 Å². The molecule has 2 N–H and O–H groups in total. The zero-order valence-electron chi connectivity index (χ0n) is 12.4. The summed E-state index contributed by atoms with van der Waals surface area (Å²) in [6.45, 7) is 1.54. The number of nitrogens with two attached hydrogens (primary N) is 1. The average Bonchev–Trinajstić information content (AvgIpc) is 2.41. The van der Waals surface area contributed by atoms with Gasteiger partial charge in [0.2, 0.25) is 15.9 Å². The van der Waals surface area contributed by atoms with Crippen molar-refractivity contribution in [1.82, 2.24) is 9.21 Å². The number of hydrogen-bond donors (Lipinski definition) is 1. The maximum Gasteiger partial charge on any atom is 0.242 e. The fraction of sp³-hybridized carbons (Fsp3) is 0.462. The molecule has 1 saturated heterocycles. The smallest absolute Gasteiger partial charge is 0.242 e. The molecule has 0 unspecified atom stereocenters. The summed E-state index contributed by atoms with van der Waals surface area (Å²) in [5.74, 6) is 0.0191. The second kappa shape index (κ2) is 5.53. The van der Waals surface area contributed by atoms with E-state index in [4.69, 9.17) is 5.73 Å². The predicted octanol–water partition coefficient (Wildman–Crippen LogP) is -0.202. The molecule has 1 heterocycles. The number of rotatable bonds is 3. The first kappa shape index (κ1) is 15.6. The Morgan fingerprint density at radius 2 is 1.90 bits per heavy atom. The Labute approximate surface area is 125 Å². The Morgan fingerprint density at radius 3 is 2.43 bits per heavy atom. The molecule has 0 aliphatic carbocycles. The van der Waals surface area contributed by atoms with Crippen LogP contribution in [0.2, 0.25) is 0 Å². The summed E-state index contributed by atoms with van der Waals surface area (Å²) >= 11 is 0. The van der Waals surface area contributed by atoms with Gasteiger partial charge in [-0.1, -0.05) is 0 Å². The van der Waals surface area contributed by atoms with Gasteiger partial charge in [0.25, 0.3) is 0 Å². The molecule has 2 rings (SSSR count). The third-order valence-electron chi connectivity index (χ3n) is 3.58. The van der Waals surface area contributed by atoms with Crippen molar-refractivity contribution in [3.8, 4) is 0 Å². The van der Waals surface area contributed by atoms with Crippen LogP contribution in [0.3, 0.4) is 0 Å². The van der Waals surface area contributed by atoms with Gasteiger partial charge in [-0.15, -0.1) is 0 Å². The molecular formula is C13H20N4O3S. The lowest BCUT2D eigenvalue weighted by molar-refractivity contribution is -0.129. The number of sulfonamides is 1. The molecule has 1 aromatic rings. The fourth-order valence-corrected chi connectivity index (χ4v) is 3.09. The number of carbonyl (C=O) groups excluding carboxylic acids is 1. The molecule has 0 aromatic heterocycles. The zero-order chi connectivity index (χ0) is 15.8. The molecule has 1 aromatic carbocycles. The average molecular weight is 312 g/mol.